The predicted octanol–water partition coefficient (Wildman–Crippen LogP) is 3.11. The lowest BCUT2D eigenvalue weighted by Crippen LogP contribution is -2.15. The zero-order valence-electron chi connectivity index (χ0n) is 10.1. The molecule has 0 bridgehead atoms. The van der Waals surface area contributed by atoms with Crippen LogP contribution in [-0.4, -0.2) is 15.9 Å². The van der Waals surface area contributed by atoms with Crippen LogP contribution in [0.1, 0.15) is 21.5 Å². The van der Waals surface area contributed by atoms with Gasteiger partial charge in [-0.2, -0.15) is 0 Å². The van der Waals surface area contributed by atoms with E-state index in [0.29, 0.717) is 16.0 Å². The SMILES string of the molecule is Cc1cccc(C)c1C(=O)Nc1cnc(Br)cn1. The number of anilines is 1. The molecule has 5 heteroatoms. The van der Waals surface area contributed by atoms with E-state index in [0.717, 1.165) is 11.1 Å². The van der Waals surface area contributed by atoms with E-state index in [9.17, 15) is 4.79 Å². The summed E-state index contributed by atoms with van der Waals surface area (Å²) in [6, 6.07) is 5.76. The second-order valence-electron chi connectivity index (χ2n) is 3.95. The van der Waals surface area contributed by atoms with E-state index < -0.39 is 0 Å². The Bertz CT molecular complexity index is 561. The van der Waals surface area contributed by atoms with Crippen LogP contribution in [0.5, 0.6) is 0 Å². The number of amides is 1. The molecule has 2 aromatic rings. The number of carbonyl (C=O) groups excluding carboxylic acids is 1. The number of hydrogen-bond donors (Lipinski definition) is 1. The van der Waals surface area contributed by atoms with Gasteiger partial charge < -0.3 is 5.32 Å². The Labute approximate surface area is 114 Å². The Morgan fingerprint density at radius 1 is 1.17 bits per heavy atom. The summed E-state index contributed by atoms with van der Waals surface area (Å²) in [6.45, 7) is 3.82. The summed E-state index contributed by atoms with van der Waals surface area (Å²) in [5, 5.41) is 2.73. The molecule has 4 nitrogen and oxygen atoms in total. The second kappa shape index (κ2) is 5.27. The van der Waals surface area contributed by atoms with Crippen LogP contribution < -0.4 is 5.32 Å². The molecule has 0 unspecified atom stereocenters. The molecule has 0 saturated heterocycles. The van der Waals surface area contributed by atoms with Gasteiger partial charge in [0.1, 0.15) is 4.60 Å². The van der Waals surface area contributed by atoms with Crippen LogP contribution in [0.25, 0.3) is 0 Å². The van der Waals surface area contributed by atoms with Crippen molar-refractivity contribution < 1.29 is 4.79 Å². The second-order valence-corrected chi connectivity index (χ2v) is 4.76. The summed E-state index contributed by atoms with van der Waals surface area (Å²) in [6.07, 6.45) is 3.05. The van der Waals surface area contributed by atoms with E-state index in [4.69, 9.17) is 0 Å². The minimum absolute atomic E-state index is 0.165. The summed E-state index contributed by atoms with van der Waals surface area (Å²) >= 11 is 3.19. The maximum absolute atomic E-state index is 12.2. The molecule has 0 fully saturated rings. The number of benzene rings is 1. The van der Waals surface area contributed by atoms with Gasteiger partial charge in [0.15, 0.2) is 5.82 Å². The Balaban J connectivity index is 2.25. The molecule has 0 aliphatic heterocycles. The first kappa shape index (κ1) is 12.7. The number of rotatable bonds is 2. The fourth-order valence-corrected chi connectivity index (χ4v) is 1.93. The van der Waals surface area contributed by atoms with Crippen LogP contribution in [0.4, 0.5) is 5.82 Å². The van der Waals surface area contributed by atoms with E-state index in [1.807, 2.05) is 32.0 Å². The highest BCUT2D eigenvalue weighted by Gasteiger charge is 2.12. The molecule has 2 rings (SSSR count). The third kappa shape index (κ3) is 2.73. The summed E-state index contributed by atoms with van der Waals surface area (Å²) in [7, 11) is 0. The molecular weight excluding hydrogens is 294 g/mol. The molecule has 1 aromatic carbocycles. The molecule has 18 heavy (non-hydrogen) atoms. The highest BCUT2D eigenvalue weighted by molar-refractivity contribution is 9.10. The third-order valence-corrected chi connectivity index (χ3v) is 2.98. The molecule has 0 aliphatic carbocycles. The zero-order chi connectivity index (χ0) is 13.1. The van der Waals surface area contributed by atoms with Gasteiger partial charge in [0, 0.05) is 5.56 Å². The van der Waals surface area contributed by atoms with Gasteiger partial charge in [-0.15, -0.1) is 0 Å². The maximum atomic E-state index is 12.2. The van der Waals surface area contributed by atoms with Gasteiger partial charge in [-0.05, 0) is 40.9 Å². The normalized spacial score (nSPS) is 10.2. The fourth-order valence-electron chi connectivity index (χ4n) is 1.73. The highest BCUT2D eigenvalue weighted by atomic mass is 79.9. The molecule has 1 heterocycles. The highest BCUT2D eigenvalue weighted by Crippen LogP contribution is 2.15. The molecule has 1 N–H and O–H groups in total. The van der Waals surface area contributed by atoms with Crippen molar-refractivity contribution >= 4 is 27.7 Å². The zero-order valence-corrected chi connectivity index (χ0v) is 11.7. The summed E-state index contributed by atoms with van der Waals surface area (Å²) < 4.78 is 0.632. The first-order valence-corrected chi connectivity index (χ1v) is 6.22. The lowest BCUT2D eigenvalue weighted by Gasteiger charge is -2.09. The van der Waals surface area contributed by atoms with Crippen molar-refractivity contribution in [3.05, 3.63) is 51.9 Å². The van der Waals surface area contributed by atoms with Crippen LogP contribution in [0, 0.1) is 13.8 Å². The topological polar surface area (TPSA) is 54.9 Å². The van der Waals surface area contributed by atoms with Crippen molar-refractivity contribution in [1.29, 1.82) is 0 Å². The summed E-state index contributed by atoms with van der Waals surface area (Å²) in [5.74, 6) is 0.271. The van der Waals surface area contributed by atoms with Crippen LogP contribution in [0.3, 0.4) is 0 Å². The van der Waals surface area contributed by atoms with Crippen molar-refractivity contribution in [3.63, 3.8) is 0 Å². The minimum atomic E-state index is -0.165. The number of carbonyl (C=O) groups is 1. The predicted molar refractivity (Wildman–Crippen MR) is 73.6 cm³/mol. The Morgan fingerprint density at radius 3 is 2.39 bits per heavy atom. The first-order chi connectivity index (χ1) is 8.58. The van der Waals surface area contributed by atoms with E-state index in [1.54, 1.807) is 6.20 Å². The van der Waals surface area contributed by atoms with Gasteiger partial charge >= 0.3 is 0 Å². The van der Waals surface area contributed by atoms with Gasteiger partial charge in [0.05, 0.1) is 12.4 Å². The number of hydrogen-bond acceptors (Lipinski definition) is 3. The van der Waals surface area contributed by atoms with Gasteiger partial charge in [-0.25, -0.2) is 9.97 Å². The smallest absolute Gasteiger partial charge is 0.257 e. The number of aromatic nitrogens is 2. The largest absolute Gasteiger partial charge is 0.305 e. The molecule has 0 aliphatic rings. The van der Waals surface area contributed by atoms with E-state index in [1.165, 1.54) is 6.20 Å². The quantitative estimate of drug-likeness (QED) is 0.927. The summed E-state index contributed by atoms with van der Waals surface area (Å²) in [5.41, 5.74) is 2.57. The van der Waals surface area contributed by atoms with Crippen LogP contribution in [0.15, 0.2) is 35.2 Å². The molecule has 0 saturated carbocycles. The molecular formula is C13H12BrN3O. The monoisotopic (exact) mass is 305 g/mol. The average molecular weight is 306 g/mol. The lowest BCUT2D eigenvalue weighted by molar-refractivity contribution is 0.102. The van der Waals surface area contributed by atoms with E-state index >= 15 is 0 Å². The van der Waals surface area contributed by atoms with Crippen molar-refractivity contribution in [2.45, 2.75) is 13.8 Å². The van der Waals surface area contributed by atoms with Crippen LogP contribution in [0.2, 0.25) is 0 Å². The van der Waals surface area contributed by atoms with Gasteiger partial charge in [-0.1, -0.05) is 18.2 Å². The third-order valence-electron chi connectivity index (χ3n) is 2.57. The molecule has 0 spiro atoms. The molecule has 0 radical (unpaired) electrons. The van der Waals surface area contributed by atoms with Crippen molar-refractivity contribution in [1.82, 2.24) is 9.97 Å². The van der Waals surface area contributed by atoms with Gasteiger partial charge in [0.2, 0.25) is 0 Å². The molecule has 1 aromatic heterocycles. The number of nitrogens with zero attached hydrogens (tertiary/aromatic N) is 2. The number of aryl methyl sites for hydroxylation is 2. The Kier molecular flexibility index (Phi) is 3.72. The maximum Gasteiger partial charge on any atom is 0.257 e. The molecule has 1 amide bonds. The minimum Gasteiger partial charge on any atom is -0.305 e. The fraction of sp³-hybridized carbons (Fsp3) is 0.154. The number of halogens is 1. The van der Waals surface area contributed by atoms with Crippen LogP contribution >= 0.6 is 15.9 Å². The van der Waals surface area contributed by atoms with E-state index in [-0.39, 0.29) is 5.91 Å². The van der Waals surface area contributed by atoms with Gasteiger partial charge in [0.25, 0.3) is 5.91 Å². The molecule has 0 atom stereocenters. The van der Waals surface area contributed by atoms with Crippen molar-refractivity contribution in [2.24, 2.45) is 0 Å². The standard InChI is InChI=1S/C13H12BrN3O/c1-8-4-3-5-9(2)12(8)13(18)17-11-7-15-10(14)6-16-11/h3-7H,1-2H3,(H,16,17,18). The van der Waals surface area contributed by atoms with Gasteiger partial charge in [-0.3, -0.25) is 4.79 Å². The lowest BCUT2D eigenvalue weighted by atomic mass is 10.0. The van der Waals surface area contributed by atoms with Crippen LogP contribution in [-0.2, 0) is 0 Å². The first-order valence-electron chi connectivity index (χ1n) is 5.43. The van der Waals surface area contributed by atoms with Crippen molar-refractivity contribution in [3.8, 4) is 0 Å². The van der Waals surface area contributed by atoms with Crippen molar-refractivity contribution in [2.75, 3.05) is 5.32 Å². The number of nitrogens with one attached hydrogen (secondary N) is 1. The van der Waals surface area contributed by atoms with E-state index in [2.05, 4.69) is 31.2 Å². The Morgan fingerprint density at radius 2 is 1.83 bits per heavy atom. The Hall–Kier alpha value is -1.75. The molecule has 92 valence electrons. The summed E-state index contributed by atoms with van der Waals surface area (Å²) in [4.78, 5) is 20.2. The average Bonchev–Trinajstić information content (AvgIpc) is 2.32.